The van der Waals surface area contributed by atoms with Crippen molar-refractivity contribution in [3.63, 3.8) is 0 Å². The van der Waals surface area contributed by atoms with Crippen molar-refractivity contribution < 1.29 is 0 Å². The van der Waals surface area contributed by atoms with Crippen molar-refractivity contribution in [3.05, 3.63) is 59.9 Å². The lowest BCUT2D eigenvalue weighted by Crippen LogP contribution is -2.27. The van der Waals surface area contributed by atoms with Crippen LogP contribution in [0.5, 0.6) is 0 Å². The van der Waals surface area contributed by atoms with Gasteiger partial charge in [-0.3, -0.25) is 4.98 Å². The summed E-state index contributed by atoms with van der Waals surface area (Å²) in [6.45, 7) is 0. The normalized spacial score (nSPS) is 18.2. The zero-order valence-electron chi connectivity index (χ0n) is 10.7. The van der Waals surface area contributed by atoms with Gasteiger partial charge in [0.15, 0.2) is 0 Å². The van der Waals surface area contributed by atoms with Gasteiger partial charge in [0.1, 0.15) is 0 Å². The summed E-state index contributed by atoms with van der Waals surface area (Å²) in [5.74, 6) is 0. The van der Waals surface area contributed by atoms with Crippen LogP contribution in [-0.4, -0.2) is 12.0 Å². The Morgan fingerprint density at radius 1 is 1.17 bits per heavy atom. The Balaban J connectivity index is 1.94. The van der Waals surface area contributed by atoms with Gasteiger partial charge >= 0.3 is 0 Å². The van der Waals surface area contributed by atoms with Crippen LogP contribution in [0.1, 0.15) is 30.0 Å². The molecule has 2 heteroatoms. The molecule has 0 saturated carbocycles. The van der Waals surface area contributed by atoms with Crippen molar-refractivity contribution in [2.75, 3.05) is 11.9 Å². The predicted molar refractivity (Wildman–Crippen MR) is 74.8 cm³/mol. The zero-order chi connectivity index (χ0) is 12.4. The molecule has 2 aromatic rings. The van der Waals surface area contributed by atoms with Gasteiger partial charge in [0, 0.05) is 13.2 Å². The molecule has 0 saturated heterocycles. The maximum absolute atomic E-state index is 4.21. The molecule has 0 spiro atoms. The summed E-state index contributed by atoms with van der Waals surface area (Å²) in [6, 6.07) is 13.4. The number of benzene rings is 1. The van der Waals surface area contributed by atoms with Gasteiger partial charge in [-0.25, -0.2) is 0 Å². The Labute approximate surface area is 108 Å². The third-order valence-corrected chi connectivity index (χ3v) is 3.86. The van der Waals surface area contributed by atoms with Gasteiger partial charge in [-0.15, -0.1) is 0 Å². The van der Waals surface area contributed by atoms with E-state index in [1.807, 2.05) is 18.5 Å². The maximum Gasteiger partial charge on any atom is 0.0555 e. The summed E-state index contributed by atoms with van der Waals surface area (Å²) in [7, 11) is 2.17. The lowest BCUT2D eigenvalue weighted by atomic mass is 9.87. The Bertz CT molecular complexity index is 522. The SMILES string of the molecule is CN(c1cccnc1)C1CCCc2ccccc21. The van der Waals surface area contributed by atoms with Crippen molar-refractivity contribution in [2.24, 2.45) is 0 Å². The van der Waals surface area contributed by atoms with Gasteiger partial charge in [0.2, 0.25) is 0 Å². The molecular weight excluding hydrogens is 220 g/mol. The zero-order valence-corrected chi connectivity index (χ0v) is 10.7. The highest BCUT2D eigenvalue weighted by Crippen LogP contribution is 2.35. The van der Waals surface area contributed by atoms with Crippen LogP contribution < -0.4 is 4.90 Å². The van der Waals surface area contributed by atoms with E-state index >= 15 is 0 Å². The Kier molecular flexibility index (Phi) is 3.01. The molecule has 2 nitrogen and oxygen atoms in total. The Hall–Kier alpha value is -1.83. The molecule has 0 amide bonds. The van der Waals surface area contributed by atoms with Gasteiger partial charge < -0.3 is 4.90 Å². The molecule has 0 radical (unpaired) electrons. The first-order valence-electron chi connectivity index (χ1n) is 6.57. The van der Waals surface area contributed by atoms with Gasteiger partial charge in [-0.2, -0.15) is 0 Å². The Morgan fingerprint density at radius 2 is 2.06 bits per heavy atom. The number of hydrogen-bond donors (Lipinski definition) is 0. The second kappa shape index (κ2) is 4.81. The van der Waals surface area contributed by atoms with E-state index in [0.29, 0.717) is 6.04 Å². The molecule has 0 bridgehead atoms. The number of pyridine rings is 1. The van der Waals surface area contributed by atoms with E-state index in [-0.39, 0.29) is 0 Å². The van der Waals surface area contributed by atoms with Crippen molar-refractivity contribution in [1.29, 1.82) is 0 Å². The second-order valence-electron chi connectivity index (χ2n) is 4.93. The summed E-state index contributed by atoms with van der Waals surface area (Å²) < 4.78 is 0. The van der Waals surface area contributed by atoms with E-state index in [4.69, 9.17) is 0 Å². The van der Waals surface area contributed by atoms with E-state index in [0.717, 1.165) is 0 Å². The molecule has 3 rings (SSSR count). The van der Waals surface area contributed by atoms with Gasteiger partial charge in [0.05, 0.1) is 17.9 Å². The maximum atomic E-state index is 4.21. The molecule has 0 fully saturated rings. The molecule has 1 aromatic heterocycles. The van der Waals surface area contributed by atoms with Gasteiger partial charge in [-0.1, -0.05) is 24.3 Å². The summed E-state index contributed by atoms with van der Waals surface area (Å²) >= 11 is 0. The van der Waals surface area contributed by atoms with Crippen LogP contribution in [0.15, 0.2) is 48.8 Å². The van der Waals surface area contributed by atoms with E-state index in [1.165, 1.54) is 36.1 Å². The van der Waals surface area contributed by atoms with Crippen LogP contribution >= 0.6 is 0 Å². The average molecular weight is 238 g/mol. The quantitative estimate of drug-likeness (QED) is 0.794. The second-order valence-corrected chi connectivity index (χ2v) is 4.93. The fourth-order valence-corrected chi connectivity index (χ4v) is 2.87. The molecule has 1 unspecified atom stereocenters. The van der Waals surface area contributed by atoms with Crippen molar-refractivity contribution >= 4 is 5.69 Å². The van der Waals surface area contributed by atoms with Crippen LogP contribution in [0, 0.1) is 0 Å². The number of anilines is 1. The molecule has 1 aliphatic carbocycles. The highest BCUT2D eigenvalue weighted by Gasteiger charge is 2.23. The van der Waals surface area contributed by atoms with Crippen LogP contribution in [-0.2, 0) is 6.42 Å². The fraction of sp³-hybridized carbons (Fsp3) is 0.312. The van der Waals surface area contributed by atoms with Crippen molar-refractivity contribution in [3.8, 4) is 0 Å². The smallest absolute Gasteiger partial charge is 0.0555 e. The van der Waals surface area contributed by atoms with E-state index in [9.17, 15) is 0 Å². The summed E-state index contributed by atoms with van der Waals surface area (Å²) in [5.41, 5.74) is 4.18. The predicted octanol–water partition coefficient (Wildman–Crippen LogP) is 3.60. The van der Waals surface area contributed by atoms with Crippen molar-refractivity contribution in [2.45, 2.75) is 25.3 Å². The highest BCUT2D eigenvalue weighted by molar-refractivity contribution is 5.47. The largest absolute Gasteiger partial charge is 0.366 e. The van der Waals surface area contributed by atoms with Crippen LogP contribution in [0.2, 0.25) is 0 Å². The average Bonchev–Trinajstić information content (AvgIpc) is 2.47. The van der Waals surface area contributed by atoms with Crippen LogP contribution in [0.25, 0.3) is 0 Å². The molecule has 1 aromatic carbocycles. The number of nitrogens with zero attached hydrogens (tertiary/aromatic N) is 2. The fourth-order valence-electron chi connectivity index (χ4n) is 2.87. The summed E-state index contributed by atoms with van der Waals surface area (Å²) in [5, 5.41) is 0. The standard InChI is InChI=1S/C16H18N2/c1-18(14-8-5-11-17-12-14)16-10-4-7-13-6-2-3-9-15(13)16/h2-3,5-6,8-9,11-12,16H,4,7,10H2,1H3. The summed E-state index contributed by atoms with van der Waals surface area (Å²) in [6.07, 6.45) is 7.48. The van der Waals surface area contributed by atoms with E-state index in [2.05, 4.69) is 47.3 Å². The van der Waals surface area contributed by atoms with E-state index < -0.39 is 0 Å². The first-order chi connectivity index (χ1) is 8.86. The van der Waals surface area contributed by atoms with Gasteiger partial charge in [0.25, 0.3) is 0 Å². The molecule has 0 aliphatic heterocycles. The molecular formula is C16H18N2. The number of rotatable bonds is 2. The van der Waals surface area contributed by atoms with Crippen LogP contribution in [0.4, 0.5) is 5.69 Å². The molecule has 1 aliphatic rings. The lowest BCUT2D eigenvalue weighted by molar-refractivity contribution is 0.545. The van der Waals surface area contributed by atoms with Crippen molar-refractivity contribution in [1.82, 2.24) is 4.98 Å². The number of hydrogen-bond acceptors (Lipinski definition) is 2. The molecule has 0 N–H and O–H groups in total. The Morgan fingerprint density at radius 3 is 2.89 bits per heavy atom. The minimum atomic E-state index is 0.485. The number of aromatic nitrogens is 1. The highest BCUT2D eigenvalue weighted by atomic mass is 15.1. The topological polar surface area (TPSA) is 16.1 Å². The van der Waals surface area contributed by atoms with Gasteiger partial charge in [-0.05, 0) is 42.5 Å². The number of aryl methyl sites for hydroxylation is 1. The molecule has 92 valence electrons. The van der Waals surface area contributed by atoms with Crippen LogP contribution in [0.3, 0.4) is 0 Å². The van der Waals surface area contributed by atoms with E-state index in [1.54, 1.807) is 0 Å². The molecule has 1 heterocycles. The first-order valence-corrected chi connectivity index (χ1v) is 6.57. The number of fused-ring (bicyclic) bond motifs is 1. The first kappa shape index (κ1) is 11.3. The third kappa shape index (κ3) is 1.99. The lowest BCUT2D eigenvalue weighted by Gasteiger charge is -2.34. The minimum Gasteiger partial charge on any atom is -0.366 e. The molecule has 1 atom stereocenters. The summed E-state index contributed by atoms with van der Waals surface area (Å²) in [4.78, 5) is 6.57. The minimum absolute atomic E-state index is 0.485. The molecule has 18 heavy (non-hydrogen) atoms. The third-order valence-electron chi connectivity index (χ3n) is 3.86. The monoisotopic (exact) mass is 238 g/mol.